The Morgan fingerprint density at radius 3 is 1.44 bits per heavy atom. The molecule has 0 aliphatic rings. The fraction of sp³-hybridized carbons (Fsp3) is 0.176. The van der Waals surface area contributed by atoms with Crippen LogP contribution in [0.4, 0.5) is 0 Å². The van der Waals surface area contributed by atoms with Crippen LogP contribution >= 0.6 is 23.2 Å². The molecule has 6 aromatic rings. The van der Waals surface area contributed by atoms with Crippen LogP contribution in [-0.2, 0) is 17.8 Å². The van der Waals surface area contributed by atoms with Crippen LogP contribution in [0.15, 0.2) is 122 Å². The molecule has 9 nitrogen and oxygen atoms in total. The van der Waals surface area contributed by atoms with E-state index < -0.39 is 12.2 Å². The van der Waals surface area contributed by atoms with Crippen molar-refractivity contribution in [3.63, 3.8) is 0 Å². The molecule has 0 aliphatic carbocycles. The highest BCUT2D eigenvalue weighted by atomic mass is 35.5. The normalized spacial score (nSPS) is 12.5. The van der Waals surface area contributed by atoms with Gasteiger partial charge in [0.25, 0.3) is 0 Å². The molecule has 2 aromatic carbocycles. The minimum Gasteiger partial charge on any atom is -0.467 e. The van der Waals surface area contributed by atoms with Gasteiger partial charge in [-0.05, 0) is 47.5 Å². The molecule has 4 aromatic heterocycles. The largest absolute Gasteiger partial charge is 0.467 e. The first-order chi connectivity index (χ1) is 22.1. The van der Waals surface area contributed by atoms with Gasteiger partial charge in [-0.1, -0.05) is 59.6 Å². The van der Waals surface area contributed by atoms with Gasteiger partial charge in [0.2, 0.25) is 11.8 Å². The first kappa shape index (κ1) is 30.3. The number of aromatic nitrogens is 6. The van der Waals surface area contributed by atoms with Gasteiger partial charge in [0.1, 0.15) is 0 Å². The fourth-order valence-electron chi connectivity index (χ4n) is 4.80. The summed E-state index contributed by atoms with van der Waals surface area (Å²) in [5.41, 5.74) is 3.57. The van der Waals surface area contributed by atoms with E-state index in [1.165, 1.54) is 0 Å². The van der Waals surface area contributed by atoms with E-state index in [4.69, 9.17) is 37.4 Å². The standard InChI is InChI=1S/C34H30Cl2N6O3/c35-29-19-25(21-41-17-5-15-39-41)9-11-27(29)31(44-33-7-1-3-13-37-33)23-43-24-32(45-34-8-2-4-14-38-34)28-12-10-26(20-30(28)36)22-42-18-6-16-40-42/h1-20,31-32H,21-24H2. The second-order valence-corrected chi connectivity index (χ2v) is 11.0. The van der Waals surface area contributed by atoms with Crippen molar-refractivity contribution >= 4 is 23.2 Å². The second kappa shape index (κ2) is 14.9. The number of rotatable bonds is 14. The number of hydrogen-bond acceptors (Lipinski definition) is 7. The molecule has 0 aliphatic heterocycles. The van der Waals surface area contributed by atoms with Crippen molar-refractivity contribution in [1.82, 2.24) is 29.5 Å². The van der Waals surface area contributed by atoms with Gasteiger partial charge in [0.05, 0.1) is 26.3 Å². The number of halogens is 2. The zero-order valence-electron chi connectivity index (χ0n) is 24.2. The van der Waals surface area contributed by atoms with Crippen LogP contribution < -0.4 is 9.47 Å². The summed E-state index contributed by atoms with van der Waals surface area (Å²) in [7, 11) is 0. The maximum Gasteiger partial charge on any atom is 0.213 e. The zero-order chi connectivity index (χ0) is 30.8. The van der Waals surface area contributed by atoms with Gasteiger partial charge in [-0.15, -0.1) is 0 Å². The quantitative estimate of drug-likeness (QED) is 0.124. The molecule has 0 radical (unpaired) electrons. The van der Waals surface area contributed by atoms with E-state index in [2.05, 4.69) is 20.2 Å². The molecule has 0 spiro atoms. The molecule has 0 N–H and O–H groups in total. The Labute approximate surface area is 271 Å². The first-order valence-electron chi connectivity index (χ1n) is 14.4. The van der Waals surface area contributed by atoms with Crippen LogP contribution in [0.3, 0.4) is 0 Å². The SMILES string of the molecule is Clc1cc(Cn2cccn2)ccc1C(COCC(Oc1ccccn1)c1ccc(Cn2cccn2)cc1Cl)Oc1ccccn1. The Balaban J connectivity index is 1.21. The predicted molar refractivity (Wildman–Crippen MR) is 172 cm³/mol. The zero-order valence-corrected chi connectivity index (χ0v) is 25.7. The van der Waals surface area contributed by atoms with Gasteiger partial charge >= 0.3 is 0 Å². The third kappa shape index (κ3) is 8.27. The van der Waals surface area contributed by atoms with Crippen LogP contribution in [0.2, 0.25) is 10.0 Å². The topological polar surface area (TPSA) is 89.1 Å². The Bertz CT molecular complexity index is 1640. The number of hydrogen-bond donors (Lipinski definition) is 0. The van der Waals surface area contributed by atoms with E-state index in [0.717, 1.165) is 22.3 Å². The Morgan fingerprint density at radius 2 is 1.07 bits per heavy atom. The summed E-state index contributed by atoms with van der Waals surface area (Å²) in [6.45, 7) is 1.55. The number of pyridine rings is 2. The average Bonchev–Trinajstić information content (AvgIpc) is 3.76. The molecule has 2 unspecified atom stereocenters. The molecule has 0 amide bonds. The van der Waals surface area contributed by atoms with Crippen LogP contribution in [-0.4, -0.2) is 42.7 Å². The Kier molecular flexibility index (Phi) is 10.0. The highest BCUT2D eigenvalue weighted by Gasteiger charge is 2.23. The second-order valence-electron chi connectivity index (χ2n) is 10.2. The maximum atomic E-state index is 6.82. The molecule has 228 valence electrons. The summed E-state index contributed by atoms with van der Waals surface area (Å²) < 4.78 is 22.6. The van der Waals surface area contributed by atoms with Gasteiger partial charge in [-0.2, -0.15) is 10.2 Å². The third-order valence-electron chi connectivity index (χ3n) is 6.97. The van der Waals surface area contributed by atoms with Crippen molar-refractivity contribution in [2.24, 2.45) is 0 Å². The van der Waals surface area contributed by atoms with E-state index in [1.807, 2.05) is 94.6 Å². The molecule has 6 rings (SSSR count). The summed E-state index contributed by atoms with van der Waals surface area (Å²) in [6, 6.07) is 26.5. The Morgan fingerprint density at radius 1 is 0.578 bits per heavy atom. The first-order valence-corrected chi connectivity index (χ1v) is 15.1. The summed E-state index contributed by atoms with van der Waals surface area (Å²) >= 11 is 13.6. The lowest BCUT2D eigenvalue weighted by atomic mass is 10.1. The van der Waals surface area contributed by atoms with E-state index in [9.17, 15) is 0 Å². The molecule has 0 fully saturated rings. The van der Waals surface area contributed by atoms with Gasteiger partial charge in [0, 0.05) is 70.5 Å². The minimum atomic E-state index is -0.548. The average molecular weight is 642 g/mol. The third-order valence-corrected chi connectivity index (χ3v) is 7.63. The number of ether oxygens (including phenoxy) is 3. The lowest BCUT2D eigenvalue weighted by Crippen LogP contribution is -2.21. The van der Waals surface area contributed by atoms with Crippen molar-refractivity contribution in [2.45, 2.75) is 25.3 Å². The summed E-state index contributed by atoms with van der Waals surface area (Å²) in [5, 5.41) is 9.68. The monoisotopic (exact) mass is 640 g/mol. The summed E-state index contributed by atoms with van der Waals surface area (Å²) in [5.74, 6) is 0.916. The number of nitrogens with zero attached hydrogens (tertiary/aromatic N) is 6. The predicted octanol–water partition coefficient (Wildman–Crippen LogP) is 7.23. The van der Waals surface area contributed by atoms with Crippen molar-refractivity contribution < 1.29 is 14.2 Å². The fourth-order valence-corrected chi connectivity index (χ4v) is 5.45. The number of benzene rings is 2. The van der Waals surface area contributed by atoms with Crippen molar-refractivity contribution in [3.8, 4) is 11.8 Å². The maximum absolute atomic E-state index is 6.82. The lowest BCUT2D eigenvalue weighted by molar-refractivity contribution is 0.00445. The summed E-state index contributed by atoms with van der Waals surface area (Å²) in [4.78, 5) is 8.69. The molecule has 4 heterocycles. The van der Waals surface area contributed by atoms with Crippen molar-refractivity contribution in [3.05, 3.63) is 154 Å². The molecular weight excluding hydrogens is 611 g/mol. The highest BCUT2D eigenvalue weighted by Crippen LogP contribution is 2.31. The summed E-state index contributed by atoms with van der Waals surface area (Å²) in [6.07, 6.45) is 9.57. The van der Waals surface area contributed by atoms with E-state index in [-0.39, 0.29) is 13.2 Å². The highest BCUT2D eigenvalue weighted by molar-refractivity contribution is 6.31. The van der Waals surface area contributed by atoms with Gasteiger partial charge in [-0.25, -0.2) is 9.97 Å². The van der Waals surface area contributed by atoms with Crippen LogP contribution in [0, 0.1) is 0 Å². The molecular formula is C34H30Cl2N6O3. The van der Waals surface area contributed by atoms with E-state index in [1.54, 1.807) is 36.9 Å². The van der Waals surface area contributed by atoms with Gasteiger partial charge in [-0.3, -0.25) is 9.36 Å². The van der Waals surface area contributed by atoms with E-state index >= 15 is 0 Å². The molecule has 0 bridgehead atoms. The molecule has 45 heavy (non-hydrogen) atoms. The van der Waals surface area contributed by atoms with Gasteiger partial charge in [0.15, 0.2) is 12.2 Å². The molecule has 0 saturated heterocycles. The Hall–Kier alpha value is -4.70. The van der Waals surface area contributed by atoms with Crippen LogP contribution in [0.5, 0.6) is 11.8 Å². The van der Waals surface area contributed by atoms with Crippen LogP contribution in [0.1, 0.15) is 34.5 Å². The van der Waals surface area contributed by atoms with Crippen molar-refractivity contribution in [1.29, 1.82) is 0 Å². The molecule has 2 atom stereocenters. The molecule has 11 heteroatoms. The molecule has 0 saturated carbocycles. The minimum absolute atomic E-state index is 0.172. The lowest BCUT2D eigenvalue weighted by Gasteiger charge is -2.24. The smallest absolute Gasteiger partial charge is 0.213 e. The van der Waals surface area contributed by atoms with Crippen LogP contribution in [0.25, 0.3) is 0 Å². The van der Waals surface area contributed by atoms with Gasteiger partial charge < -0.3 is 14.2 Å². The van der Waals surface area contributed by atoms with Crippen molar-refractivity contribution in [2.75, 3.05) is 13.2 Å². The van der Waals surface area contributed by atoms with E-state index in [0.29, 0.717) is 34.9 Å².